The number of fused-ring (bicyclic) bond motifs is 1. The Bertz CT molecular complexity index is 780. The maximum Gasteiger partial charge on any atom is 0.161 e. The molecule has 0 aliphatic carbocycles. The average Bonchev–Trinajstić information content (AvgIpc) is 2.96. The third kappa shape index (κ3) is 2.31. The molecule has 21 heavy (non-hydrogen) atoms. The summed E-state index contributed by atoms with van der Waals surface area (Å²) in [6.07, 6.45) is 3.70. The van der Waals surface area contributed by atoms with Gasteiger partial charge in [0.2, 0.25) is 0 Å². The van der Waals surface area contributed by atoms with E-state index >= 15 is 0 Å². The fraction of sp³-hybridized carbons (Fsp3) is 0.250. The molecule has 3 rings (SSSR count). The van der Waals surface area contributed by atoms with Crippen LogP contribution in [-0.4, -0.2) is 28.8 Å². The number of imidazole rings is 1. The molecule has 0 fully saturated rings. The molecule has 2 heterocycles. The number of benzene rings is 1. The molecule has 2 aromatic heterocycles. The first-order chi connectivity index (χ1) is 10.3. The van der Waals surface area contributed by atoms with E-state index in [9.17, 15) is 0 Å². The Morgan fingerprint density at radius 1 is 1.05 bits per heavy atom. The lowest BCUT2D eigenvalue weighted by Gasteiger charge is -2.09. The first-order valence-corrected chi connectivity index (χ1v) is 6.80. The molecule has 0 bridgehead atoms. The lowest BCUT2D eigenvalue weighted by atomic mass is 10.1. The average molecular weight is 283 g/mol. The molecule has 0 aliphatic rings. The summed E-state index contributed by atoms with van der Waals surface area (Å²) >= 11 is 0. The van der Waals surface area contributed by atoms with E-state index in [4.69, 9.17) is 9.47 Å². The van der Waals surface area contributed by atoms with E-state index in [0.29, 0.717) is 11.5 Å². The number of aryl methyl sites for hydroxylation is 1. The van der Waals surface area contributed by atoms with Crippen LogP contribution >= 0.6 is 0 Å². The van der Waals surface area contributed by atoms with Gasteiger partial charge < -0.3 is 14.0 Å². The molecule has 0 radical (unpaired) electrons. The van der Waals surface area contributed by atoms with Gasteiger partial charge in [0.1, 0.15) is 0 Å². The van der Waals surface area contributed by atoms with Crippen LogP contribution in [0.5, 0.6) is 11.5 Å². The standard InChI is InChI=1S/C16H17N3O2/c1-4-19-10-18-13-8-12(17-9-14(13)19)11-5-6-15(20-2)16(7-11)21-3/h5-10H,4H2,1-3H3. The van der Waals surface area contributed by atoms with E-state index in [2.05, 4.69) is 21.5 Å². The van der Waals surface area contributed by atoms with Crippen molar-refractivity contribution in [3.8, 4) is 22.8 Å². The fourth-order valence-electron chi connectivity index (χ4n) is 2.36. The van der Waals surface area contributed by atoms with E-state index in [1.54, 1.807) is 14.2 Å². The lowest BCUT2D eigenvalue weighted by molar-refractivity contribution is 0.355. The minimum atomic E-state index is 0.691. The van der Waals surface area contributed by atoms with Gasteiger partial charge >= 0.3 is 0 Å². The maximum atomic E-state index is 5.33. The number of rotatable bonds is 4. The summed E-state index contributed by atoms with van der Waals surface area (Å²) in [4.78, 5) is 8.95. The Hall–Kier alpha value is -2.56. The molecule has 108 valence electrons. The molecule has 0 atom stereocenters. The van der Waals surface area contributed by atoms with Crippen LogP contribution in [0.2, 0.25) is 0 Å². The van der Waals surface area contributed by atoms with Crippen LogP contribution < -0.4 is 9.47 Å². The zero-order chi connectivity index (χ0) is 14.8. The fourth-order valence-corrected chi connectivity index (χ4v) is 2.36. The summed E-state index contributed by atoms with van der Waals surface area (Å²) in [6, 6.07) is 7.75. The molecular weight excluding hydrogens is 266 g/mol. The largest absolute Gasteiger partial charge is 0.493 e. The summed E-state index contributed by atoms with van der Waals surface area (Å²) in [5.41, 5.74) is 3.82. The van der Waals surface area contributed by atoms with Crippen molar-refractivity contribution < 1.29 is 9.47 Å². The Morgan fingerprint density at radius 3 is 2.57 bits per heavy atom. The van der Waals surface area contributed by atoms with Gasteiger partial charge in [0, 0.05) is 12.1 Å². The highest BCUT2D eigenvalue weighted by Gasteiger charge is 2.09. The predicted molar refractivity (Wildman–Crippen MR) is 81.7 cm³/mol. The van der Waals surface area contributed by atoms with Crippen LogP contribution in [0.15, 0.2) is 36.8 Å². The number of pyridine rings is 1. The molecule has 1 aromatic carbocycles. The number of hydrogen-bond donors (Lipinski definition) is 0. The predicted octanol–water partition coefficient (Wildman–Crippen LogP) is 3.14. The molecule has 0 unspecified atom stereocenters. The van der Waals surface area contributed by atoms with Gasteiger partial charge in [-0.05, 0) is 31.2 Å². The Labute approximate surface area is 123 Å². The molecule has 0 amide bonds. The Kier molecular flexibility index (Phi) is 3.48. The third-order valence-electron chi connectivity index (χ3n) is 3.53. The molecule has 0 spiro atoms. The number of hydrogen-bond acceptors (Lipinski definition) is 4. The van der Waals surface area contributed by atoms with Crippen molar-refractivity contribution in [2.75, 3.05) is 14.2 Å². The number of ether oxygens (including phenoxy) is 2. The van der Waals surface area contributed by atoms with Crippen molar-refractivity contribution >= 4 is 11.0 Å². The zero-order valence-electron chi connectivity index (χ0n) is 12.3. The quantitative estimate of drug-likeness (QED) is 0.738. The summed E-state index contributed by atoms with van der Waals surface area (Å²) in [7, 11) is 3.25. The van der Waals surface area contributed by atoms with Gasteiger partial charge in [-0.25, -0.2) is 4.98 Å². The summed E-state index contributed by atoms with van der Waals surface area (Å²) in [6.45, 7) is 2.97. The molecule has 0 aliphatic heterocycles. The monoisotopic (exact) mass is 283 g/mol. The Balaban J connectivity index is 2.07. The van der Waals surface area contributed by atoms with Crippen molar-refractivity contribution in [2.45, 2.75) is 13.5 Å². The van der Waals surface area contributed by atoms with Crippen molar-refractivity contribution in [1.82, 2.24) is 14.5 Å². The van der Waals surface area contributed by atoms with Crippen LogP contribution in [0.25, 0.3) is 22.3 Å². The number of nitrogens with zero attached hydrogens (tertiary/aromatic N) is 3. The van der Waals surface area contributed by atoms with Crippen molar-refractivity contribution in [3.63, 3.8) is 0 Å². The molecule has 5 nitrogen and oxygen atoms in total. The topological polar surface area (TPSA) is 49.2 Å². The van der Waals surface area contributed by atoms with Crippen molar-refractivity contribution in [3.05, 3.63) is 36.8 Å². The molecule has 0 saturated heterocycles. The smallest absolute Gasteiger partial charge is 0.161 e. The van der Waals surface area contributed by atoms with Gasteiger partial charge in [-0.2, -0.15) is 0 Å². The van der Waals surface area contributed by atoms with Gasteiger partial charge in [0.05, 0.1) is 43.5 Å². The molecule has 0 N–H and O–H groups in total. The van der Waals surface area contributed by atoms with Gasteiger partial charge in [-0.1, -0.05) is 0 Å². The van der Waals surface area contributed by atoms with Crippen molar-refractivity contribution in [2.24, 2.45) is 0 Å². The summed E-state index contributed by atoms with van der Waals surface area (Å²) < 4.78 is 12.7. The van der Waals surface area contributed by atoms with E-state index < -0.39 is 0 Å². The highest BCUT2D eigenvalue weighted by atomic mass is 16.5. The van der Waals surface area contributed by atoms with Crippen LogP contribution in [0.3, 0.4) is 0 Å². The maximum absolute atomic E-state index is 5.33. The minimum absolute atomic E-state index is 0.691. The molecule has 0 saturated carbocycles. The number of methoxy groups -OCH3 is 2. The third-order valence-corrected chi connectivity index (χ3v) is 3.53. The van der Waals surface area contributed by atoms with Gasteiger partial charge in [-0.3, -0.25) is 4.98 Å². The van der Waals surface area contributed by atoms with Crippen LogP contribution in [0, 0.1) is 0 Å². The second-order valence-corrected chi connectivity index (χ2v) is 4.66. The first-order valence-electron chi connectivity index (χ1n) is 6.80. The lowest BCUT2D eigenvalue weighted by Crippen LogP contribution is -1.93. The normalized spacial score (nSPS) is 10.8. The van der Waals surface area contributed by atoms with Crippen LogP contribution in [0.4, 0.5) is 0 Å². The van der Waals surface area contributed by atoms with Gasteiger partial charge in [0.25, 0.3) is 0 Å². The van der Waals surface area contributed by atoms with Crippen molar-refractivity contribution in [1.29, 1.82) is 0 Å². The Morgan fingerprint density at radius 2 is 1.86 bits per heavy atom. The first kappa shape index (κ1) is 13.4. The second kappa shape index (κ2) is 5.44. The molecule has 3 aromatic rings. The molecular formula is C16H17N3O2. The zero-order valence-corrected chi connectivity index (χ0v) is 12.3. The summed E-state index contributed by atoms with van der Waals surface area (Å²) in [5.74, 6) is 1.40. The van der Waals surface area contributed by atoms with Crippen LogP contribution in [-0.2, 0) is 6.54 Å². The number of aromatic nitrogens is 3. The van der Waals surface area contributed by atoms with Crippen LogP contribution in [0.1, 0.15) is 6.92 Å². The van der Waals surface area contributed by atoms with E-state index in [0.717, 1.165) is 28.8 Å². The SMILES string of the molecule is CCn1cnc2cc(-c3ccc(OC)c(OC)c3)ncc21. The second-order valence-electron chi connectivity index (χ2n) is 4.66. The van der Waals surface area contributed by atoms with E-state index in [1.807, 2.05) is 36.8 Å². The molecule has 5 heteroatoms. The van der Waals surface area contributed by atoms with Gasteiger partial charge in [-0.15, -0.1) is 0 Å². The summed E-state index contributed by atoms with van der Waals surface area (Å²) in [5, 5.41) is 0. The van der Waals surface area contributed by atoms with E-state index in [-0.39, 0.29) is 0 Å². The highest BCUT2D eigenvalue weighted by Crippen LogP contribution is 2.32. The van der Waals surface area contributed by atoms with Gasteiger partial charge in [0.15, 0.2) is 11.5 Å². The minimum Gasteiger partial charge on any atom is -0.493 e. The highest BCUT2D eigenvalue weighted by molar-refractivity contribution is 5.79. The van der Waals surface area contributed by atoms with E-state index in [1.165, 1.54) is 0 Å².